The average molecular weight is 518 g/mol. The van der Waals surface area contributed by atoms with E-state index in [9.17, 15) is 24.6 Å². The molecule has 2 amide bonds. The number of hydrogen-bond donors (Lipinski definition) is 4. The normalized spacial score (nSPS) is 12.6. The van der Waals surface area contributed by atoms with E-state index in [4.69, 9.17) is 20.9 Å². The number of aromatic nitrogens is 1. The van der Waals surface area contributed by atoms with Crippen molar-refractivity contribution >= 4 is 22.7 Å². The molecule has 0 spiro atoms. The minimum Gasteiger partial charge on any atom is -0.455 e. The molecular formula is C28H27N3O7. The summed E-state index contributed by atoms with van der Waals surface area (Å²) in [5.41, 5.74) is 13.1. The van der Waals surface area contributed by atoms with Gasteiger partial charge in [-0.1, -0.05) is 60.7 Å². The second-order valence-corrected chi connectivity index (χ2v) is 8.70. The van der Waals surface area contributed by atoms with Gasteiger partial charge in [-0.05, 0) is 23.6 Å². The van der Waals surface area contributed by atoms with Crippen LogP contribution in [-0.2, 0) is 22.6 Å². The second kappa shape index (κ2) is 11.2. The maximum atomic E-state index is 13.9. The topological polar surface area (TPSA) is 167 Å². The Hall–Kier alpha value is -4.67. The van der Waals surface area contributed by atoms with E-state index in [2.05, 4.69) is 0 Å². The third-order valence-electron chi connectivity index (χ3n) is 6.06. The molecule has 3 aromatic carbocycles. The SMILES string of the molecule is Cc1c(Cc2ccccc2)c(=O)n(Cc2ccccc2)c2cc(OC(O)C(N)=O)cc(OC(O)C(N)=O)c12. The molecule has 0 fully saturated rings. The Balaban J connectivity index is 2.02. The van der Waals surface area contributed by atoms with Crippen LogP contribution in [0.4, 0.5) is 0 Å². The Bertz CT molecular complexity index is 1540. The zero-order valence-corrected chi connectivity index (χ0v) is 20.5. The summed E-state index contributed by atoms with van der Waals surface area (Å²) in [7, 11) is 0. The van der Waals surface area contributed by atoms with Crippen molar-refractivity contribution in [1.29, 1.82) is 0 Å². The molecule has 2 atom stereocenters. The summed E-state index contributed by atoms with van der Waals surface area (Å²) in [6.45, 7) is 1.90. The number of amides is 2. The van der Waals surface area contributed by atoms with Crippen LogP contribution in [0.25, 0.3) is 10.9 Å². The van der Waals surface area contributed by atoms with Gasteiger partial charge in [0.2, 0.25) is 0 Å². The monoisotopic (exact) mass is 517 g/mol. The molecule has 0 aliphatic carbocycles. The van der Waals surface area contributed by atoms with Crippen LogP contribution in [0, 0.1) is 6.92 Å². The van der Waals surface area contributed by atoms with Gasteiger partial charge in [0, 0.05) is 29.5 Å². The summed E-state index contributed by atoms with van der Waals surface area (Å²) in [5, 5.41) is 20.4. The predicted octanol–water partition coefficient (Wildman–Crippen LogP) is 1.31. The molecule has 0 saturated carbocycles. The lowest BCUT2D eigenvalue weighted by atomic mass is 9.97. The minimum atomic E-state index is -2.01. The highest BCUT2D eigenvalue weighted by atomic mass is 16.6. The number of aliphatic hydroxyl groups is 2. The highest BCUT2D eigenvalue weighted by Gasteiger charge is 2.23. The smallest absolute Gasteiger partial charge is 0.286 e. The number of rotatable bonds is 10. The first-order valence-electron chi connectivity index (χ1n) is 11.7. The van der Waals surface area contributed by atoms with E-state index in [0.29, 0.717) is 28.5 Å². The highest BCUT2D eigenvalue weighted by Crippen LogP contribution is 2.35. The van der Waals surface area contributed by atoms with Crippen LogP contribution in [0.3, 0.4) is 0 Å². The van der Waals surface area contributed by atoms with Gasteiger partial charge in [0.25, 0.3) is 30.0 Å². The number of nitrogens with zero attached hydrogens (tertiary/aromatic N) is 1. The van der Waals surface area contributed by atoms with E-state index in [-0.39, 0.29) is 23.6 Å². The highest BCUT2D eigenvalue weighted by molar-refractivity contribution is 5.92. The molecule has 4 rings (SSSR count). The summed E-state index contributed by atoms with van der Waals surface area (Å²) in [6.07, 6.45) is -3.69. The molecule has 38 heavy (non-hydrogen) atoms. The Morgan fingerprint density at radius 1 is 0.868 bits per heavy atom. The first-order chi connectivity index (χ1) is 18.2. The number of aryl methyl sites for hydroxylation is 1. The van der Waals surface area contributed by atoms with Crippen molar-refractivity contribution in [3.63, 3.8) is 0 Å². The molecule has 0 aliphatic rings. The van der Waals surface area contributed by atoms with E-state index in [1.54, 1.807) is 6.92 Å². The fourth-order valence-corrected chi connectivity index (χ4v) is 4.21. The molecule has 1 heterocycles. The largest absolute Gasteiger partial charge is 0.455 e. The van der Waals surface area contributed by atoms with E-state index >= 15 is 0 Å². The van der Waals surface area contributed by atoms with Crippen molar-refractivity contribution < 1.29 is 29.3 Å². The Labute approximate surface area is 217 Å². The first-order valence-corrected chi connectivity index (χ1v) is 11.7. The number of hydrogen-bond acceptors (Lipinski definition) is 7. The fraction of sp³-hybridized carbons (Fsp3) is 0.179. The fourth-order valence-electron chi connectivity index (χ4n) is 4.21. The summed E-state index contributed by atoms with van der Waals surface area (Å²) in [5.74, 6) is -2.41. The predicted molar refractivity (Wildman–Crippen MR) is 139 cm³/mol. The third kappa shape index (κ3) is 5.66. The van der Waals surface area contributed by atoms with Gasteiger partial charge in [0.1, 0.15) is 11.5 Å². The number of primary amides is 2. The van der Waals surface area contributed by atoms with Gasteiger partial charge in [-0.2, -0.15) is 0 Å². The number of benzene rings is 3. The van der Waals surface area contributed by atoms with Gasteiger partial charge < -0.3 is 35.7 Å². The van der Waals surface area contributed by atoms with Crippen molar-refractivity contribution in [2.24, 2.45) is 11.5 Å². The summed E-state index contributed by atoms with van der Waals surface area (Å²) < 4.78 is 12.3. The first kappa shape index (κ1) is 26.4. The van der Waals surface area contributed by atoms with Gasteiger partial charge in [0.15, 0.2) is 0 Å². The van der Waals surface area contributed by atoms with Crippen molar-refractivity contribution in [3.8, 4) is 11.5 Å². The number of nitrogens with two attached hydrogens (primary N) is 2. The molecule has 10 heteroatoms. The number of aliphatic hydroxyl groups excluding tert-OH is 2. The van der Waals surface area contributed by atoms with Gasteiger partial charge in [-0.15, -0.1) is 0 Å². The van der Waals surface area contributed by atoms with Crippen molar-refractivity contribution in [2.75, 3.05) is 0 Å². The van der Waals surface area contributed by atoms with Crippen LogP contribution in [-0.4, -0.2) is 39.2 Å². The third-order valence-corrected chi connectivity index (χ3v) is 6.06. The molecule has 0 saturated heterocycles. The van der Waals surface area contributed by atoms with Gasteiger partial charge in [-0.25, -0.2) is 0 Å². The standard InChI is InChI=1S/C28H27N3O7/c1-16-20(12-17-8-4-2-5-9-17)26(34)31(15-18-10-6-3-7-11-18)21-13-19(37-27(35)24(29)32)14-22(23(16)21)38-28(36)25(30)33/h2-11,13-14,27-28,35-36H,12,15H2,1H3,(H2,29,32)(H2,30,33). The number of fused-ring (bicyclic) bond motifs is 1. The summed E-state index contributed by atoms with van der Waals surface area (Å²) in [6, 6.07) is 21.4. The maximum Gasteiger partial charge on any atom is 0.286 e. The zero-order chi connectivity index (χ0) is 27.4. The quantitative estimate of drug-likeness (QED) is 0.230. The van der Waals surface area contributed by atoms with Crippen molar-refractivity contribution in [1.82, 2.24) is 4.57 Å². The zero-order valence-electron chi connectivity index (χ0n) is 20.5. The molecule has 0 aliphatic heterocycles. The summed E-state index contributed by atoms with van der Waals surface area (Å²) in [4.78, 5) is 37.0. The molecule has 196 valence electrons. The lowest BCUT2D eigenvalue weighted by Crippen LogP contribution is -2.34. The van der Waals surface area contributed by atoms with Crippen LogP contribution in [0.2, 0.25) is 0 Å². The van der Waals surface area contributed by atoms with E-state index in [1.165, 1.54) is 16.7 Å². The van der Waals surface area contributed by atoms with E-state index in [0.717, 1.165) is 11.1 Å². The summed E-state index contributed by atoms with van der Waals surface area (Å²) >= 11 is 0. The molecule has 0 bridgehead atoms. The van der Waals surface area contributed by atoms with E-state index in [1.807, 2.05) is 60.7 Å². The molecular weight excluding hydrogens is 490 g/mol. The van der Waals surface area contributed by atoms with Gasteiger partial charge in [0.05, 0.1) is 12.1 Å². The maximum absolute atomic E-state index is 13.9. The van der Waals surface area contributed by atoms with Crippen molar-refractivity contribution in [2.45, 2.75) is 32.5 Å². The second-order valence-electron chi connectivity index (χ2n) is 8.70. The molecule has 6 N–H and O–H groups in total. The number of carbonyl (C=O) groups is 2. The van der Waals surface area contributed by atoms with Crippen LogP contribution >= 0.6 is 0 Å². The van der Waals surface area contributed by atoms with Gasteiger partial charge >= 0.3 is 0 Å². The molecule has 2 unspecified atom stereocenters. The van der Waals surface area contributed by atoms with Crippen molar-refractivity contribution in [3.05, 3.63) is 105 Å². The molecule has 4 aromatic rings. The molecule has 0 radical (unpaired) electrons. The Kier molecular flexibility index (Phi) is 7.75. The van der Waals surface area contributed by atoms with Crippen LogP contribution < -0.4 is 26.5 Å². The number of carbonyl (C=O) groups excluding carboxylic acids is 2. The van der Waals surface area contributed by atoms with Gasteiger partial charge in [-0.3, -0.25) is 14.4 Å². The number of pyridine rings is 1. The lowest BCUT2D eigenvalue weighted by Gasteiger charge is -2.21. The Morgan fingerprint density at radius 2 is 1.42 bits per heavy atom. The van der Waals surface area contributed by atoms with E-state index < -0.39 is 24.4 Å². The minimum absolute atomic E-state index is 0.0471. The number of ether oxygens (including phenoxy) is 2. The average Bonchev–Trinajstić information content (AvgIpc) is 2.89. The van der Waals surface area contributed by atoms with Crippen LogP contribution in [0.1, 0.15) is 22.3 Å². The lowest BCUT2D eigenvalue weighted by molar-refractivity contribution is -0.140. The molecule has 10 nitrogen and oxygen atoms in total. The van der Waals surface area contributed by atoms with Crippen LogP contribution in [0.5, 0.6) is 11.5 Å². The molecule has 1 aromatic heterocycles. The van der Waals surface area contributed by atoms with Crippen LogP contribution in [0.15, 0.2) is 77.6 Å². The Morgan fingerprint density at radius 3 is 2.00 bits per heavy atom.